The number of fused-ring (bicyclic) bond motifs is 1. The van der Waals surface area contributed by atoms with Gasteiger partial charge in [-0.25, -0.2) is 8.42 Å². The Morgan fingerprint density at radius 2 is 1.69 bits per heavy atom. The Labute approximate surface area is 214 Å². The molecule has 0 aliphatic carbocycles. The van der Waals surface area contributed by atoms with Crippen LogP contribution < -0.4 is 4.72 Å². The molecule has 2 aromatic carbocycles. The van der Waals surface area contributed by atoms with Crippen LogP contribution in [0.2, 0.25) is 5.02 Å². The number of nitrogens with one attached hydrogen (secondary N) is 1. The topological polar surface area (TPSA) is 95.5 Å². The predicted octanol–water partition coefficient (Wildman–Crippen LogP) is 4.04. The third-order valence-electron chi connectivity index (χ3n) is 6.18. The Morgan fingerprint density at radius 3 is 2.44 bits per heavy atom. The average Bonchev–Trinajstić information content (AvgIpc) is 2.90. The van der Waals surface area contributed by atoms with Gasteiger partial charge in [0.1, 0.15) is 4.90 Å². The van der Waals surface area contributed by atoms with E-state index in [-0.39, 0.29) is 10.8 Å². The molecule has 0 atom stereocenters. The second-order valence-electron chi connectivity index (χ2n) is 8.55. The van der Waals surface area contributed by atoms with E-state index in [1.165, 1.54) is 6.07 Å². The number of carbonyl (C=O) groups is 1. The summed E-state index contributed by atoms with van der Waals surface area (Å²) >= 11 is 6.22. The maximum Gasteiger partial charge on any atom is 0.264 e. The number of carbonyl (C=O) groups excluding carboxylic acids is 1. The van der Waals surface area contributed by atoms with Crippen LogP contribution in [0.25, 0.3) is 10.9 Å². The molecule has 2 aromatic heterocycles. The van der Waals surface area contributed by atoms with Crippen LogP contribution in [0.5, 0.6) is 0 Å². The number of benzene rings is 2. The second kappa shape index (κ2) is 10.2. The van der Waals surface area contributed by atoms with Gasteiger partial charge in [-0.2, -0.15) is 0 Å². The molecule has 3 heterocycles. The molecule has 0 bridgehead atoms. The fraction of sp³-hybridized carbons (Fsp3) is 0.192. The molecule has 1 amide bonds. The Hall–Kier alpha value is -3.53. The smallest absolute Gasteiger partial charge is 0.264 e. The maximum absolute atomic E-state index is 13.0. The number of sulfonamides is 1. The van der Waals surface area contributed by atoms with Crippen molar-refractivity contribution in [1.29, 1.82) is 0 Å². The molecule has 1 aliphatic rings. The van der Waals surface area contributed by atoms with E-state index in [9.17, 15) is 13.2 Å². The van der Waals surface area contributed by atoms with E-state index in [4.69, 9.17) is 11.6 Å². The summed E-state index contributed by atoms with van der Waals surface area (Å²) in [5.41, 5.74) is 2.31. The number of rotatable bonds is 6. The van der Waals surface area contributed by atoms with E-state index >= 15 is 0 Å². The van der Waals surface area contributed by atoms with Crippen molar-refractivity contribution in [2.45, 2.75) is 11.4 Å². The molecule has 36 heavy (non-hydrogen) atoms. The van der Waals surface area contributed by atoms with Gasteiger partial charge < -0.3 is 4.90 Å². The van der Waals surface area contributed by atoms with E-state index in [1.807, 2.05) is 23.1 Å². The minimum Gasteiger partial charge on any atom is -0.336 e. The minimum absolute atomic E-state index is 0.0794. The highest BCUT2D eigenvalue weighted by Crippen LogP contribution is 2.24. The number of pyridine rings is 2. The van der Waals surface area contributed by atoms with Crippen molar-refractivity contribution in [1.82, 2.24) is 19.8 Å². The molecule has 10 heteroatoms. The van der Waals surface area contributed by atoms with E-state index in [1.54, 1.807) is 55.0 Å². The van der Waals surface area contributed by atoms with E-state index < -0.39 is 10.0 Å². The Kier molecular flexibility index (Phi) is 6.86. The number of anilines is 1. The standard InChI is InChI=1S/C26H24ClN5O3S/c27-23-17-28-12-10-21(23)18-31-13-15-32(16-14-31)26(33)20-6-8-22(9-7-20)30-36(34,35)24-5-1-3-19-4-2-11-29-25(19)24/h1-12,17,30H,13-16,18H2. The fourth-order valence-electron chi connectivity index (χ4n) is 4.25. The van der Waals surface area contributed by atoms with Crippen LogP contribution in [0.15, 0.2) is 84.1 Å². The highest BCUT2D eigenvalue weighted by atomic mass is 35.5. The van der Waals surface area contributed by atoms with Gasteiger partial charge in [0.2, 0.25) is 0 Å². The first-order chi connectivity index (χ1) is 17.4. The van der Waals surface area contributed by atoms with E-state index in [2.05, 4.69) is 19.6 Å². The Balaban J connectivity index is 1.22. The number of hydrogen-bond acceptors (Lipinski definition) is 6. The summed E-state index contributed by atoms with van der Waals surface area (Å²) in [6, 6.07) is 17.0. The normalized spacial score (nSPS) is 14.6. The van der Waals surface area contributed by atoms with Crippen molar-refractivity contribution in [2.24, 2.45) is 0 Å². The zero-order valence-electron chi connectivity index (χ0n) is 19.3. The molecule has 4 aromatic rings. The molecule has 1 aliphatic heterocycles. The molecular formula is C26H24ClN5O3S. The van der Waals surface area contributed by atoms with Crippen LogP contribution in [0, 0.1) is 0 Å². The Morgan fingerprint density at radius 1 is 0.944 bits per heavy atom. The highest BCUT2D eigenvalue weighted by Gasteiger charge is 2.23. The first kappa shape index (κ1) is 24.2. The van der Waals surface area contributed by atoms with Gasteiger partial charge in [0.05, 0.1) is 10.5 Å². The van der Waals surface area contributed by atoms with Crippen molar-refractivity contribution in [2.75, 3.05) is 30.9 Å². The lowest BCUT2D eigenvalue weighted by Crippen LogP contribution is -2.48. The SMILES string of the molecule is O=C(c1ccc(NS(=O)(=O)c2cccc3cccnc23)cc1)N1CCN(Cc2ccncc2Cl)CC1. The van der Waals surface area contributed by atoms with Gasteiger partial charge in [-0.15, -0.1) is 0 Å². The maximum atomic E-state index is 13.0. The van der Waals surface area contributed by atoms with Crippen LogP contribution in [-0.4, -0.2) is 60.3 Å². The van der Waals surface area contributed by atoms with Crippen molar-refractivity contribution < 1.29 is 13.2 Å². The van der Waals surface area contributed by atoms with E-state index in [0.29, 0.717) is 41.4 Å². The lowest BCUT2D eigenvalue weighted by Gasteiger charge is -2.35. The minimum atomic E-state index is -3.86. The van der Waals surface area contributed by atoms with Crippen molar-refractivity contribution in [3.8, 4) is 0 Å². The van der Waals surface area contributed by atoms with Gasteiger partial charge >= 0.3 is 0 Å². The number of para-hydroxylation sites is 1. The second-order valence-corrected chi connectivity index (χ2v) is 10.6. The molecule has 1 N–H and O–H groups in total. The largest absolute Gasteiger partial charge is 0.336 e. The van der Waals surface area contributed by atoms with Crippen molar-refractivity contribution in [3.05, 3.63) is 95.4 Å². The fourth-order valence-corrected chi connectivity index (χ4v) is 5.67. The molecule has 0 spiro atoms. The molecule has 8 nitrogen and oxygen atoms in total. The summed E-state index contributed by atoms with van der Waals surface area (Å²) in [7, 11) is -3.86. The summed E-state index contributed by atoms with van der Waals surface area (Å²) < 4.78 is 28.6. The molecule has 0 saturated carbocycles. The number of nitrogens with zero attached hydrogens (tertiary/aromatic N) is 4. The van der Waals surface area contributed by atoms with Crippen LogP contribution in [-0.2, 0) is 16.6 Å². The summed E-state index contributed by atoms with van der Waals surface area (Å²) in [5.74, 6) is -0.0794. The van der Waals surface area contributed by atoms with Gasteiger partial charge in [0, 0.05) is 68.0 Å². The van der Waals surface area contributed by atoms with Gasteiger partial charge in [-0.3, -0.25) is 24.4 Å². The average molecular weight is 522 g/mol. The summed E-state index contributed by atoms with van der Waals surface area (Å²) in [5, 5.41) is 1.38. The number of halogens is 1. The summed E-state index contributed by atoms with van der Waals surface area (Å²) in [6.07, 6.45) is 4.93. The predicted molar refractivity (Wildman–Crippen MR) is 139 cm³/mol. The number of hydrogen-bond donors (Lipinski definition) is 1. The third kappa shape index (κ3) is 5.18. The van der Waals surface area contributed by atoms with E-state index in [0.717, 1.165) is 24.0 Å². The number of aromatic nitrogens is 2. The Bertz CT molecular complexity index is 1500. The molecule has 0 unspecified atom stereocenters. The van der Waals surface area contributed by atoms with Crippen LogP contribution in [0.4, 0.5) is 5.69 Å². The monoisotopic (exact) mass is 521 g/mol. The quantitative estimate of drug-likeness (QED) is 0.411. The van der Waals surface area contributed by atoms with Crippen LogP contribution in [0.1, 0.15) is 15.9 Å². The lowest BCUT2D eigenvalue weighted by molar-refractivity contribution is 0.0628. The summed E-state index contributed by atoms with van der Waals surface area (Å²) in [4.78, 5) is 25.4. The molecule has 184 valence electrons. The first-order valence-electron chi connectivity index (χ1n) is 11.5. The number of piperazine rings is 1. The van der Waals surface area contributed by atoms with Crippen molar-refractivity contribution >= 4 is 44.1 Å². The highest BCUT2D eigenvalue weighted by molar-refractivity contribution is 7.93. The third-order valence-corrected chi connectivity index (χ3v) is 7.93. The summed E-state index contributed by atoms with van der Waals surface area (Å²) in [6.45, 7) is 3.39. The van der Waals surface area contributed by atoms with Crippen LogP contribution >= 0.6 is 11.6 Å². The number of amides is 1. The lowest BCUT2D eigenvalue weighted by atomic mass is 10.1. The molecule has 5 rings (SSSR count). The molecule has 1 saturated heterocycles. The van der Waals surface area contributed by atoms with Gasteiger partial charge in [0.15, 0.2) is 0 Å². The van der Waals surface area contributed by atoms with Crippen LogP contribution in [0.3, 0.4) is 0 Å². The first-order valence-corrected chi connectivity index (χ1v) is 13.3. The zero-order chi connectivity index (χ0) is 25.1. The zero-order valence-corrected chi connectivity index (χ0v) is 20.9. The van der Waals surface area contributed by atoms with Gasteiger partial charge in [-0.05, 0) is 48.0 Å². The molecule has 1 fully saturated rings. The van der Waals surface area contributed by atoms with Gasteiger partial charge in [0.25, 0.3) is 15.9 Å². The van der Waals surface area contributed by atoms with Crippen molar-refractivity contribution in [3.63, 3.8) is 0 Å². The molecular weight excluding hydrogens is 498 g/mol. The molecule has 0 radical (unpaired) electrons. The van der Waals surface area contributed by atoms with Gasteiger partial charge in [-0.1, -0.05) is 29.8 Å².